The van der Waals surface area contributed by atoms with E-state index in [0.29, 0.717) is 16.5 Å². The van der Waals surface area contributed by atoms with E-state index in [-0.39, 0.29) is 5.78 Å². The van der Waals surface area contributed by atoms with Crippen molar-refractivity contribution in [3.8, 4) is 11.4 Å². The van der Waals surface area contributed by atoms with E-state index in [1.807, 2.05) is 30.3 Å². The number of nitrogens with zero attached hydrogens (tertiary/aromatic N) is 3. The number of aromatic nitrogens is 4. The van der Waals surface area contributed by atoms with Crippen LogP contribution in [0.3, 0.4) is 0 Å². The molecule has 1 N–H and O–H groups in total. The first-order chi connectivity index (χ1) is 13.2. The van der Waals surface area contributed by atoms with Crippen LogP contribution in [0, 0.1) is 0 Å². The molecular weight excluding hydrogens is 380 g/mol. The molecule has 3 rings (SSSR count). The summed E-state index contributed by atoms with van der Waals surface area (Å²) in [6, 6.07) is 11.2. The van der Waals surface area contributed by atoms with Gasteiger partial charge in [-0.1, -0.05) is 49.5 Å². The third kappa shape index (κ3) is 5.23. The lowest BCUT2D eigenvalue weighted by Gasteiger charge is -2.10. The molecule has 0 saturated carbocycles. The first-order valence-corrected chi connectivity index (χ1v) is 10.5. The predicted octanol–water partition coefficient (Wildman–Crippen LogP) is 5.48. The van der Waals surface area contributed by atoms with Crippen LogP contribution in [-0.2, 0) is 6.54 Å². The zero-order chi connectivity index (χ0) is 19.1. The van der Waals surface area contributed by atoms with Crippen molar-refractivity contribution in [2.45, 2.75) is 44.3 Å². The lowest BCUT2D eigenvalue weighted by atomic mass is 10.2. The van der Waals surface area contributed by atoms with Gasteiger partial charge >= 0.3 is 0 Å². The summed E-state index contributed by atoms with van der Waals surface area (Å²) in [5.74, 6) is 1.20. The Morgan fingerprint density at radius 3 is 2.67 bits per heavy atom. The van der Waals surface area contributed by atoms with Gasteiger partial charge in [-0.15, -0.1) is 10.2 Å². The summed E-state index contributed by atoms with van der Waals surface area (Å²) in [6.45, 7) is 3.04. The van der Waals surface area contributed by atoms with Gasteiger partial charge in [-0.3, -0.25) is 4.79 Å². The van der Waals surface area contributed by atoms with E-state index in [1.165, 1.54) is 31.0 Å². The Labute approximate surface area is 168 Å². The third-order valence-corrected chi connectivity index (χ3v) is 5.50. The molecular formula is C20H23ClN4OS. The Kier molecular flexibility index (Phi) is 7.12. The number of carbonyl (C=O) groups is 1. The van der Waals surface area contributed by atoms with E-state index in [2.05, 4.69) is 26.7 Å². The number of ketones is 1. The SMILES string of the molecule is CCCCCCn1c(SCC(=O)c2ccc[nH]2)nnc1-c1ccc(Cl)cc1. The van der Waals surface area contributed by atoms with Crippen LogP contribution >= 0.6 is 23.4 Å². The van der Waals surface area contributed by atoms with Crippen LogP contribution in [0.15, 0.2) is 47.8 Å². The molecule has 0 radical (unpaired) electrons. The summed E-state index contributed by atoms with van der Waals surface area (Å²) in [5.41, 5.74) is 1.60. The Morgan fingerprint density at radius 2 is 1.96 bits per heavy atom. The van der Waals surface area contributed by atoms with Crippen LogP contribution in [0.5, 0.6) is 0 Å². The molecule has 3 aromatic rings. The maximum absolute atomic E-state index is 12.3. The van der Waals surface area contributed by atoms with Gasteiger partial charge in [-0.05, 0) is 42.8 Å². The smallest absolute Gasteiger partial charge is 0.191 e. The number of unbranched alkanes of at least 4 members (excludes halogenated alkanes) is 3. The minimum absolute atomic E-state index is 0.0542. The number of carbonyl (C=O) groups excluding carboxylic acids is 1. The van der Waals surface area contributed by atoms with Crippen molar-refractivity contribution in [1.29, 1.82) is 0 Å². The molecule has 2 aromatic heterocycles. The van der Waals surface area contributed by atoms with E-state index in [1.54, 1.807) is 12.3 Å². The van der Waals surface area contributed by atoms with Gasteiger partial charge in [0.1, 0.15) is 0 Å². The number of Topliss-reactive ketones (excluding diaryl/α,β-unsaturated/α-hetero) is 1. The number of rotatable bonds is 10. The monoisotopic (exact) mass is 402 g/mol. The van der Waals surface area contributed by atoms with Crippen molar-refractivity contribution in [2.75, 3.05) is 5.75 Å². The first-order valence-electron chi connectivity index (χ1n) is 9.17. The van der Waals surface area contributed by atoms with Gasteiger partial charge in [0.25, 0.3) is 0 Å². The fourth-order valence-corrected chi connectivity index (χ4v) is 3.79. The number of H-pyrrole nitrogens is 1. The molecule has 0 bridgehead atoms. The van der Waals surface area contributed by atoms with Crippen molar-refractivity contribution in [3.05, 3.63) is 53.3 Å². The number of hydrogen-bond acceptors (Lipinski definition) is 4. The Hall–Kier alpha value is -2.05. The van der Waals surface area contributed by atoms with Crippen molar-refractivity contribution >= 4 is 29.1 Å². The van der Waals surface area contributed by atoms with Gasteiger partial charge in [0.05, 0.1) is 11.4 Å². The maximum atomic E-state index is 12.3. The Balaban J connectivity index is 1.77. The molecule has 0 aliphatic rings. The lowest BCUT2D eigenvalue weighted by molar-refractivity contribution is 0.101. The van der Waals surface area contributed by atoms with Gasteiger partial charge in [0.2, 0.25) is 0 Å². The predicted molar refractivity (Wildman–Crippen MR) is 110 cm³/mol. The normalized spacial score (nSPS) is 11.0. The fourth-order valence-electron chi connectivity index (χ4n) is 2.82. The number of hydrogen-bond donors (Lipinski definition) is 1. The highest BCUT2D eigenvalue weighted by molar-refractivity contribution is 7.99. The molecule has 142 valence electrons. The fraction of sp³-hybridized carbons (Fsp3) is 0.350. The molecule has 0 amide bonds. The molecule has 5 nitrogen and oxygen atoms in total. The Morgan fingerprint density at radius 1 is 1.15 bits per heavy atom. The van der Waals surface area contributed by atoms with Crippen molar-refractivity contribution in [3.63, 3.8) is 0 Å². The molecule has 0 spiro atoms. The van der Waals surface area contributed by atoms with Crippen LogP contribution in [0.1, 0.15) is 43.1 Å². The van der Waals surface area contributed by atoms with E-state index >= 15 is 0 Å². The summed E-state index contributed by atoms with van der Waals surface area (Å²) in [4.78, 5) is 15.2. The van der Waals surface area contributed by atoms with E-state index in [9.17, 15) is 4.79 Å². The van der Waals surface area contributed by atoms with Crippen molar-refractivity contribution in [2.24, 2.45) is 0 Å². The quantitative estimate of drug-likeness (QED) is 0.277. The summed E-state index contributed by atoms with van der Waals surface area (Å²) in [6.07, 6.45) is 6.39. The van der Waals surface area contributed by atoms with Crippen LogP contribution in [0.4, 0.5) is 0 Å². The van der Waals surface area contributed by atoms with Gasteiger partial charge in [-0.2, -0.15) is 0 Å². The molecule has 7 heteroatoms. The molecule has 0 saturated heterocycles. The van der Waals surface area contributed by atoms with E-state index < -0.39 is 0 Å². The highest BCUT2D eigenvalue weighted by atomic mass is 35.5. The van der Waals surface area contributed by atoms with Gasteiger partial charge in [-0.25, -0.2) is 0 Å². The second-order valence-electron chi connectivity index (χ2n) is 6.32. The highest BCUT2D eigenvalue weighted by Crippen LogP contribution is 2.26. The lowest BCUT2D eigenvalue weighted by Crippen LogP contribution is -2.06. The average Bonchev–Trinajstić information content (AvgIpc) is 3.34. The minimum atomic E-state index is 0.0542. The van der Waals surface area contributed by atoms with E-state index in [0.717, 1.165) is 29.5 Å². The molecule has 0 atom stereocenters. The molecule has 0 aliphatic heterocycles. The van der Waals surface area contributed by atoms with E-state index in [4.69, 9.17) is 11.6 Å². The molecule has 1 aromatic carbocycles. The summed E-state index contributed by atoms with van der Waals surface area (Å²) in [7, 11) is 0. The number of halogens is 1. The van der Waals surface area contributed by atoms with Crippen LogP contribution in [-0.4, -0.2) is 31.3 Å². The topological polar surface area (TPSA) is 63.6 Å². The zero-order valence-electron chi connectivity index (χ0n) is 15.3. The second-order valence-corrected chi connectivity index (χ2v) is 7.70. The van der Waals surface area contributed by atoms with Crippen molar-refractivity contribution in [1.82, 2.24) is 19.7 Å². The molecule has 0 aliphatic carbocycles. The molecule has 0 unspecified atom stereocenters. The zero-order valence-corrected chi connectivity index (χ0v) is 16.9. The number of benzene rings is 1. The maximum Gasteiger partial charge on any atom is 0.191 e. The molecule has 2 heterocycles. The Bertz CT molecular complexity index is 859. The van der Waals surface area contributed by atoms with Gasteiger partial charge in [0, 0.05) is 23.3 Å². The van der Waals surface area contributed by atoms with Gasteiger partial charge in [0.15, 0.2) is 16.8 Å². The largest absolute Gasteiger partial charge is 0.359 e. The molecule has 27 heavy (non-hydrogen) atoms. The average molecular weight is 403 g/mol. The van der Waals surface area contributed by atoms with Crippen molar-refractivity contribution < 1.29 is 4.79 Å². The summed E-state index contributed by atoms with van der Waals surface area (Å²) >= 11 is 7.44. The number of aromatic amines is 1. The first kappa shape index (κ1) is 19.7. The van der Waals surface area contributed by atoms with Crippen LogP contribution in [0.2, 0.25) is 5.02 Å². The van der Waals surface area contributed by atoms with Crippen LogP contribution < -0.4 is 0 Å². The minimum Gasteiger partial charge on any atom is -0.359 e. The summed E-state index contributed by atoms with van der Waals surface area (Å²) < 4.78 is 2.12. The second kappa shape index (κ2) is 9.76. The highest BCUT2D eigenvalue weighted by Gasteiger charge is 2.16. The standard InChI is InChI=1S/C20H23ClN4OS/c1-2-3-4-5-13-25-19(15-8-10-16(21)11-9-15)23-24-20(25)27-14-18(26)17-7-6-12-22-17/h6-12,22H,2-5,13-14H2,1H3. The number of nitrogens with one attached hydrogen (secondary N) is 1. The third-order valence-electron chi connectivity index (χ3n) is 4.29. The van der Waals surface area contributed by atoms with Gasteiger partial charge < -0.3 is 9.55 Å². The molecule has 0 fully saturated rings. The summed E-state index contributed by atoms with van der Waals surface area (Å²) in [5, 5.41) is 10.2. The van der Waals surface area contributed by atoms with Crippen LogP contribution in [0.25, 0.3) is 11.4 Å². The number of thioether (sulfide) groups is 1.